The third kappa shape index (κ3) is 5.19. The molecule has 0 bridgehead atoms. The molecule has 0 amide bonds. The van der Waals surface area contributed by atoms with Gasteiger partial charge in [-0.2, -0.15) is 0 Å². The van der Waals surface area contributed by atoms with Crippen LogP contribution in [0.4, 0.5) is 0 Å². The van der Waals surface area contributed by atoms with Crippen molar-refractivity contribution in [2.24, 2.45) is 5.92 Å². The van der Waals surface area contributed by atoms with E-state index in [4.69, 9.17) is 0 Å². The Kier molecular flexibility index (Phi) is 6.23. The molecule has 1 aromatic carbocycles. The Balaban J connectivity index is 2.86. The molecular formula is C15H24BrNO2S. The second kappa shape index (κ2) is 7.05. The predicted octanol–water partition coefficient (Wildman–Crippen LogP) is 4.04. The lowest BCUT2D eigenvalue weighted by Crippen LogP contribution is -2.43. The molecule has 0 saturated carbocycles. The van der Waals surface area contributed by atoms with Crippen molar-refractivity contribution in [2.75, 3.05) is 5.75 Å². The summed E-state index contributed by atoms with van der Waals surface area (Å²) in [4.78, 5) is 0. The molecule has 0 fully saturated rings. The maximum Gasteiger partial charge on any atom is 0.212 e. The van der Waals surface area contributed by atoms with Gasteiger partial charge in [-0.1, -0.05) is 54.8 Å². The number of halogens is 1. The Morgan fingerprint density at radius 2 is 1.65 bits per heavy atom. The highest BCUT2D eigenvalue weighted by Gasteiger charge is 2.28. The Bertz CT molecular complexity index is 519. The van der Waals surface area contributed by atoms with Crippen LogP contribution in [0.25, 0.3) is 0 Å². The number of hydrogen-bond acceptors (Lipinski definition) is 2. The third-order valence-corrected chi connectivity index (χ3v) is 5.85. The predicted molar refractivity (Wildman–Crippen MR) is 88.2 cm³/mol. The largest absolute Gasteiger partial charge is 0.212 e. The smallest absolute Gasteiger partial charge is 0.212 e. The van der Waals surface area contributed by atoms with E-state index in [9.17, 15) is 8.42 Å². The van der Waals surface area contributed by atoms with Crippen molar-refractivity contribution in [1.82, 2.24) is 4.72 Å². The van der Waals surface area contributed by atoms with E-state index in [-0.39, 0.29) is 11.7 Å². The zero-order valence-corrected chi connectivity index (χ0v) is 15.0. The lowest BCUT2D eigenvalue weighted by Gasteiger charge is -2.27. The first kappa shape index (κ1) is 17.7. The van der Waals surface area contributed by atoms with Crippen molar-refractivity contribution < 1.29 is 8.42 Å². The number of nitrogens with one attached hydrogen (secondary N) is 1. The molecule has 5 heteroatoms. The lowest BCUT2D eigenvalue weighted by atomic mass is 9.96. The average Bonchev–Trinajstić information content (AvgIpc) is 2.35. The molecule has 1 N–H and O–H groups in total. The first-order valence-electron chi connectivity index (χ1n) is 6.98. The van der Waals surface area contributed by atoms with Gasteiger partial charge in [-0.05, 0) is 37.5 Å². The summed E-state index contributed by atoms with van der Waals surface area (Å²) in [5.74, 6) is 0.410. The van der Waals surface area contributed by atoms with Crippen molar-refractivity contribution in [1.29, 1.82) is 0 Å². The van der Waals surface area contributed by atoms with Crippen LogP contribution in [0, 0.1) is 5.92 Å². The zero-order chi connectivity index (χ0) is 15.4. The van der Waals surface area contributed by atoms with Crippen molar-refractivity contribution >= 4 is 26.0 Å². The minimum atomic E-state index is -3.28. The molecule has 0 aliphatic rings. The van der Waals surface area contributed by atoms with E-state index in [2.05, 4.69) is 20.7 Å². The topological polar surface area (TPSA) is 46.2 Å². The van der Waals surface area contributed by atoms with Crippen LogP contribution in [0.15, 0.2) is 28.7 Å². The van der Waals surface area contributed by atoms with Gasteiger partial charge in [-0.3, -0.25) is 0 Å². The van der Waals surface area contributed by atoms with Crippen molar-refractivity contribution in [3.63, 3.8) is 0 Å². The summed E-state index contributed by atoms with van der Waals surface area (Å²) in [7, 11) is -3.28. The fourth-order valence-electron chi connectivity index (χ4n) is 2.19. The van der Waals surface area contributed by atoms with Crippen LogP contribution >= 0.6 is 15.9 Å². The van der Waals surface area contributed by atoms with E-state index in [0.717, 1.165) is 22.9 Å². The molecule has 20 heavy (non-hydrogen) atoms. The fraction of sp³-hybridized carbons (Fsp3) is 0.600. The van der Waals surface area contributed by atoms with Crippen LogP contribution in [0.5, 0.6) is 0 Å². The van der Waals surface area contributed by atoms with Gasteiger partial charge in [0.1, 0.15) is 0 Å². The minimum absolute atomic E-state index is 0.194. The van der Waals surface area contributed by atoms with Gasteiger partial charge in [0, 0.05) is 4.47 Å². The molecule has 0 unspecified atom stereocenters. The normalized spacial score (nSPS) is 12.9. The van der Waals surface area contributed by atoms with Crippen LogP contribution in [0.1, 0.15) is 46.1 Å². The molecule has 0 aliphatic heterocycles. The average molecular weight is 362 g/mol. The maximum absolute atomic E-state index is 12.3. The molecule has 114 valence electrons. The fourth-order valence-corrected chi connectivity index (χ4v) is 4.53. The van der Waals surface area contributed by atoms with Crippen LogP contribution in [-0.2, 0) is 15.6 Å². The molecular weight excluding hydrogens is 338 g/mol. The Hall–Kier alpha value is -0.390. The highest BCUT2D eigenvalue weighted by molar-refractivity contribution is 9.10. The monoisotopic (exact) mass is 361 g/mol. The van der Waals surface area contributed by atoms with Crippen molar-refractivity contribution in [2.45, 2.75) is 46.1 Å². The minimum Gasteiger partial charge on any atom is -0.212 e. The summed E-state index contributed by atoms with van der Waals surface area (Å²) in [5.41, 5.74) is 0.347. The Morgan fingerprint density at radius 3 is 2.10 bits per heavy atom. The van der Waals surface area contributed by atoms with E-state index < -0.39 is 15.6 Å². The molecule has 0 atom stereocenters. The van der Waals surface area contributed by atoms with E-state index >= 15 is 0 Å². The summed E-state index contributed by atoms with van der Waals surface area (Å²) in [5, 5.41) is 0. The van der Waals surface area contributed by atoms with Gasteiger partial charge in [0.15, 0.2) is 0 Å². The van der Waals surface area contributed by atoms with E-state index in [1.54, 1.807) is 0 Å². The number of sulfonamides is 1. The zero-order valence-electron chi connectivity index (χ0n) is 12.6. The van der Waals surface area contributed by atoms with Gasteiger partial charge >= 0.3 is 0 Å². The Morgan fingerprint density at radius 1 is 1.15 bits per heavy atom. The maximum atomic E-state index is 12.3. The van der Waals surface area contributed by atoms with Gasteiger partial charge in [0.2, 0.25) is 10.0 Å². The van der Waals surface area contributed by atoms with Crippen LogP contribution in [0.2, 0.25) is 0 Å². The second-order valence-corrected chi connectivity index (χ2v) is 8.38. The van der Waals surface area contributed by atoms with Gasteiger partial charge in [-0.25, -0.2) is 13.1 Å². The van der Waals surface area contributed by atoms with E-state index in [1.165, 1.54) is 0 Å². The van der Waals surface area contributed by atoms with E-state index in [0.29, 0.717) is 0 Å². The third-order valence-electron chi connectivity index (χ3n) is 3.59. The lowest BCUT2D eigenvalue weighted by molar-refractivity contribution is 0.458. The summed E-state index contributed by atoms with van der Waals surface area (Å²) < 4.78 is 28.4. The van der Waals surface area contributed by atoms with Gasteiger partial charge in [-0.15, -0.1) is 0 Å². The van der Waals surface area contributed by atoms with E-state index in [1.807, 2.05) is 52.0 Å². The van der Waals surface area contributed by atoms with Gasteiger partial charge < -0.3 is 0 Å². The SMILES string of the molecule is CCC(CC)CS(=O)(=O)NC(C)(C)c1ccc(Br)cc1. The van der Waals surface area contributed by atoms with Crippen LogP contribution in [0.3, 0.4) is 0 Å². The summed E-state index contributed by atoms with van der Waals surface area (Å²) >= 11 is 3.39. The summed E-state index contributed by atoms with van der Waals surface area (Å²) in [6.07, 6.45) is 1.77. The molecule has 0 radical (unpaired) electrons. The summed E-state index contributed by atoms with van der Waals surface area (Å²) in [6, 6.07) is 7.71. The molecule has 0 heterocycles. The molecule has 0 saturated heterocycles. The molecule has 0 spiro atoms. The number of hydrogen-bond donors (Lipinski definition) is 1. The number of rotatable bonds is 7. The Labute approximate surface area is 131 Å². The van der Waals surface area contributed by atoms with Gasteiger partial charge in [0.25, 0.3) is 0 Å². The van der Waals surface area contributed by atoms with Crippen molar-refractivity contribution in [3.05, 3.63) is 34.3 Å². The van der Waals surface area contributed by atoms with Crippen molar-refractivity contribution in [3.8, 4) is 0 Å². The molecule has 0 aliphatic carbocycles. The second-order valence-electron chi connectivity index (χ2n) is 5.70. The first-order valence-corrected chi connectivity index (χ1v) is 9.42. The standard InChI is InChI=1S/C15H24BrNO2S/c1-5-12(6-2)11-20(18,19)17-15(3,4)13-7-9-14(16)10-8-13/h7-10,12,17H,5-6,11H2,1-4H3. The molecule has 3 nitrogen and oxygen atoms in total. The highest BCUT2D eigenvalue weighted by Crippen LogP contribution is 2.24. The summed E-state index contributed by atoms with van der Waals surface area (Å²) in [6.45, 7) is 7.84. The van der Waals surface area contributed by atoms with Crippen LogP contribution in [-0.4, -0.2) is 14.2 Å². The molecule has 0 aromatic heterocycles. The number of benzene rings is 1. The molecule has 1 rings (SSSR count). The van der Waals surface area contributed by atoms with Crippen LogP contribution < -0.4 is 4.72 Å². The first-order chi connectivity index (χ1) is 9.20. The highest BCUT2D eigenvalue weighted by atomic mass is 79.9. The molecule has 1 aromatic rings. The quantitative estimate of drug-likeness (QED) is 0.796. The van der Waals surface area contributed by atoms with Gasteiger partial charge in [0.05, 0.1) is 11.3 Å².